The van der Waals surface area contributed by atoms with Crippen molar-refractivity contribution < 1.29 is 4.43 Å². The van der Waals surface area contributed by atoms with Gasteiger partial charge in [-0.15, -0.1) is 0 Å². The summed E-state index contributed by atoms with van der Waals surface area (Å²) >= 11 is 0. The van der Waals surface area contributed by atoms with Crippen molar-refractivity contribution in [3.63, 3.8) is 0 Å². The standard InChI is InChI=1S/C12H26OSi/c1-13-14(2,3)11-7-10-12-8-5-4-6-9-12/h12H,4-11H2,1-3H3. The topological polar surface area (TPSA) is 9.23 Å². The first kappa shape index (κ1) is 12.2. The fourth-order valence-electron chi connectivity index (χ4n) is 2.39. The molecule has 0 atom stereocenters. The molecule has 84 valence electrons. The predicted molar refractivity (Wildman–Crippen MR) is 65.1 cm³/mol. The third kappa shape index (κ3) is 4.60. The van der Waals surface area contributed by atoms with Crippen LogP contribution in [0.1, 0.15) is 44.9 Å². The maximum atomic E-state index is 5.57. The Bertz CT molecular complexity index is 150. The minimum absolute atomic E-state index is 1.05. The van der Waals surface area contributed by atoms with Crippen LogP contribution in [0.25, 0.3) is 0 Å². The predicted octanol–water partition coefficient (Wildman–Crippen LogP) is 4.20. The lowest BCUT2D eigenvalue weighted by Gasteiger charge is -2.24. The molecule has 1 aliphatic carbocycles. The molecule has 0 aromatic rings. The summed E-state index contributed by atoms with van der Waals surface area (Å²) < 4.78 is 5.57. The lowest BCUT2D eigenvalue weighted by molar-refractivity contribution is 0.332. The highest BCUT2D eigenvalue weighted by molar-refractivity contribution is 6.71. The maximum absolute atomic E-state index is 5.57. The molecule has 14 heavy (non-hydrogen) atoms. The summed E-state index contributed by atoms with van der Waals surface area (Å²) in [5.74, 6) is 1.05. The summed E-state index contributed by atoms with van der Waals surface area (Å²) in [6, 6.07) is 1.35. The molecule has 0 spiro atoms. The molecule has 1 fully saturated rings. The Morgan fingerprint density at radius 2 is 1.79 bits per heavy atom. The first-order chi connectivity index (χ1) is 6.64. The second kappa shape index (κ2) is 5.91. The van der Waals surface area contributed by atoms with Gasteiger partial charge in [0.2, 0.25) is 0 Å². The van der Waals surface area contributed by atoms with Crippen molar-refractivity contribution in [1.29, 1.82) is 0 Å². The second-order valence-corrected chi connectivity index (χ2v) is 9.79. The SMILES string of the molecule is CO[Si](C)(C)CCCC1CCCCC1. The highest BCUT2D eigenvalue weighted by atomic mass is 28.4. The summed E-state index contributed by atoms with van der Waals surface area (Å²) in [5.41, 5.74) is 0. The molecule has 0 aliphatic heterocycles. The average molecular weight is 214 g/mol. The van der Waals surface area contributed by atoms with E-state index in [1.807, 2.05) is 7.11 Å². The van der Waals surface area contributed by atoms with Crippen LogP contribution in [0.3, 0.4) is 0 Å². The third-order valence-electron chi connectivity index (χ3n) is 3.67. The van der Waals surface area contributed by atoms with Gasteiger partial charge in [-0.05, 0) is 25.1 Å². The molecule has 0 bridgehead atoms. The number of hydrogen-bond donors (Lipinski definition) is 0. The molecule has 0 aromatic carbocycles. The lowest BCUT2D eigenvalue weighted by atomic mass is 9.86. The van der Waals surface area contributed by atoms with E-state index in [1.54, 1.807) is 0 Å². The van der Waals surface area contributed by atoms with Crippen LogP contribution in [-0.4, -0.2) is 15.4 Å². The van der Waals surface area contributed by atoms with Gasteiger partial charge in [0, 0.05) is 7.11 Å². The number of rotatable bonds is 5. The Hall–Kier alpha value is 0.177. The third-order valence-corrected chi connectivity index (χ3v) is 6.33. The van der Waals surface area contributed by atoms with Gasteiger partial charge in [0.25, 0.3) is 0 Å². The first-order valence-corrected chi connectivity index (χ1v) is 9.31. The molecule has 0 saturated heterocycles. The van der Waals surface area contributed by atoms with Crippen molar-refractivity contribution in [3.8, 4) is 0 Å². The van der Waals surface area contributed by atoms with Gasteiger partial charge in [-0.2, -0.15) is 0 Å². The maximum Gasteiger partial charge on any atom is 0.186 e. The van der Waals surface area contributed by atoms with Crippen LogP contribution >= 0.6 is 0 Å². The van der Waals surface area contributed by atoms with Gasteiger partial charge < -0.3 is 4.43 Å². The minimum atomic E-state index is -1.26. The average Bonchev–Trinajstić information content (AvgIpc) is 2.19. The summed E-state index contributed by atoms with van der Waals surface area (Å²) in [6.07, 6.45) is 10.3. The zero-order valence-corrected chi connectivity index (χ0v) is 11.1. The normalized spacial score (nSPS) is 19.9. The fraction of sp³-hybridized carbons (Fsp3) is 1.00. The highest BCUT2D eigenvalue weighted by Crippen LogP contribution is 2.28. The molecule has 1 saturated carbocycles. The van der Waals surface area contributed by atoms with Crippen LogP contribution in [0.15, 0.2) is 0 Å². The molecule has 0 aromatic heterocycles. The van der Waals surface area contributed by atoms with Crippen LogP contribution in [0.2, 0.25) is 19.1 Å². The monoisotopic (exact) mass is 214 g/mol. The molecule has 0 heterocycles. The Morgan fingerprint density at radius 3 is 2.36 bits per heavy atom. The molecular formula is C12H26OSi. The number of hydrogen-bond acceptors (Lipinski definition) is 1. The van der Waals surface area contributed by atoms with E-state index < -0.39 is 8.32 Å². The zero-order valence-electron chi connectivity index (χ0n) is 10.1. The van der Waals surface area contributed by atoms with Crippen molar-refractivity contribution in [1.82, 2.24) is 0 Å². The van der Waals surface area contributed by atoms with Crippen LogP contribution in [0, 0.1) is 5.92 Å². The van der Waals surface area contributed by atoms with Crippen LogP contribution in [0.4, 0.5) is 0 Å². The van der Waals surface area contributed by atoms with E-state index in [2.05, 4.69) is 13.1 Å². The Morgan fingerprint density at radius 1 is 1.14 bits per heavy atom. The molecule has 0 N–H and O–H groups in total. The van der Waals surface area contributed by atoms with Crippen molar-refractivity contribution in [2.24, 2.45) is 5.92 Å². The van der Waals surface area contributed by atoms with Crippen LogP contribution in [0.5, 0.6) is 0 Å². The molecular weight excluding hydrogens is 188 g/mol. The van der Waals surface area contributed by atoms with Crippen molar-refractivity contribution in [2.75, 3.05) is 7.11 Å². The molecule has 1 rings (SSSR count). The van der Waals surface area contributed by atoms with Crippen molar-refractivity contribution in [2.45, 2.75) is 64.1 Å². The van der Waals surface area contributed by atoms with E-state index in [0.717, 1.165) is 5.92 Å². The van der Waals surface area contributed by atoms with Gasteiger partial charge in [0.15, 0.2) is 8.32 Å². The largest absolute Gasteiger partial charge is 0.420 e. The van der Waals surface area contributed by atoms with Crippen LogP contribution < -0.4 is 0 Å². The van der Waals surface area contributed by atoms with Crippen LogP contribution in [-0.2, 0) is 4.43 Å². The van der Waals surface area contributed by atoms with Crippen molar-refractivity contribution in [3.05, 3.63) is 0 Å². The smallest absolute Gasteiger partial charge is 0.186 e. The molecule has 2 heteroatoms. The van der Waals surface area contributed by atoms with E-state index >= 15 is 0 Å². The first-order valence-electron chi connectivity index (χ1n) is 6.19. The van der Waals surface area contributed by atoms with Gasteiger partial charge in [-0.1, -0.05) is 44.9 Å². The van der Waals surface area contributed by atoms with Crippen molar-refractivity contribution >= 4 is 8.32 Å². The van der Waals surface area contributed by atoms with Gasteiger partial charge in [0.05, 0.1) is 0 Å². The van der Waals surface area contributed by atoms with Gasteiger partial charge in [-0.25, -0.2) is 0 Å². The Labute approximate surface area is 90.4 Å². The summed E-state index contributed by atoms with van der Waals surface area (Å²) in [4.78, 5) is 0. The fourth-order valence-corrected chi connectivity index (χ4v) is 3.65. The van der Waals surface area contributed by atoms with E-state index in [0.29, 0.717) is 0 Å². The van der Waals surface area contributed by atoms with Gasteiger partial charge in [-0.3, -0.25) is 0 Å². The quantitative estimate of drug-likeness (QED) is 0.623. The van der Waals surface area contributed by atoms with E-state index in [1.165, 1.54) is 51.0 Å². The van der Waals surface area contributed by atoms with Gasteiger partial charge >= 0.3 is 0 Å². The summed E-state index contributed by atoms with van der Waals surface area (Å²) in [6.45, 7) is 4.65. The molecule has 0 amide bonds. The Balaban J connectivity index is 2.08. The Kier molecular flexibility index (Phi) is 5.17. The van der Waals surface area contributed by atoms with E-state index in [9.17, 15) is 0 Å². The molecule has 0 radical (unpaired) electrons. The molecule has 1 nitrogen and oxygen atoms in total. The van der Waals surface area contributed by atoms with Gasteiger partial charge in [0.1, 0.15) is 0 Å². The minimum Gasteiger partial charge on any atom is -0.420 e. The van der Waals surface area contributed by atoms with E-state index in [-0.39, 0.29) is 0 Å². The summed E-state index contributed by atoms with van der Waals surface area (Å²) in [5, 5.41) is 0. The lowest BCUT2D eigenvalue weighted by Crippen LogP contribution is -2.28. The molecule has 0 unspecified atom stereocenters. The molecule has 1 aliphatic rings. The zero-order chi connectivity index (χ0) is 10.4. The highest BCUT2D eigenvalue weighted by Gasteiger charge is 2.21. The second-order valence-electron chi connectivity index (χ2n) is 5.36. The summed E-state index contributed by atoms with van der Waals surface area (Å²) in [7, 11) is 0.620. The van der Waals surface area contributed by atoms with E-state index in [4.69, 9.17) is 4.43 Å².